The van der Waals surface area contributed by atoms with Crippen LogP contribution < -0.4 is 15.5 Å². The lowest BCUT2D eigenvalue weighted by Crippen LogP contribution is -2.49. The molecule has 3 rings (SSSR count). The molecule has 21 heavy (non-hydrogen) atoms. The normalized spacial score (nSPS) is 18.3. The second kappa shape index (κ2) is 6.21. The van der Waals surface area contributed by atoms with Crippen molar-refractivity contribution in [3.8, 4) is 0 Å². The van der Waals surface area contributed by atoms with Gasteiger partial charge in [0.2, 0.25) is 5.95 Å². The summed E-state index contributed by atoms with van der Waals surface area (Å²) in [5.41, 5.74) is 0.645. The quantitative estimate of drug-likeness (QED) is 0.782. The van der Waals surface area contributed by atoms with Gasteiger partial charge in [0.1, 0.15) is 0 Å². The van der Waals surface area contributed by atoms with E-state index >= 15 is 0 Å². The zero-order chi connectivity index (χ0) is 14.5. The molecule has 0 aliphatic carbocycles. The SMILES string of the molecule is O=C(Nc1cn[nH]c1)N[C@H]1CCCN(c2ncccn2)C1. The number of amides is 2. The summed E-state index contributed by atoms with van der Waals surface area (Å²) in [6.45, 7) is 1.62. The second-order valence-electron chi connectivity index (χ2n) is 4.92. The van der Waals surface area contributed by atoms with E-state index < -0.39 is 0 Å². The third-order valence-electron chi connectivity index (χ3n) is 3.35. The number of piperidine rings is 1. The predicted molar refractivity (Wildman–Crippen MR) is 78.0 cm³/mol. The van der Waals surface area contributed by atoms with Crippen LogP contribution >= 0.6 is 0 Å². The van der Waals surface area contributed by atoms with Gasteiger partial charge in [-0.1, -0.05) is 0 Å². The van der Waals surface area contributed by atoms with E-state index in [-0.39, 0.29) is 12.1 Å². The van der Waals surface area contributed by atoms with Crippen LogP contribution in [0.4, 0.5) is 16.4 Å². The van der Waals surface area contributed by atoms with Crippen LogP contribution in [0, 0.1) is 0 Å². The molecular formula is C13H17N7O. The first kappa shape index (κ1) is 13.3. The topological polar surface area (TPSA) is 98.8 Å². The van der Waals surface area contributed by atoms with Crippen molar-refractivity contribution in [2.45, 2.75) is 18.9 Å². The van der Waals surface area contributed by atoms with Gasteiger partial charge in [-0.2, -0.15) is 5.10 Å². The Bertz CT molecular complexity index is 571. The summed E-state index contributed by atoms with van der Waals surface area (Å²) in [6, 6.07) is 1.65. The smallest absolute Gasteiger partial charge is 0.319 e. The number of aromatic nitrogens is 4. The van der Waals surface area contributed by atoms with E-state index in [0.717, 1.165) is 19.4 Å². The number of hydrogen-bond donors (Lipinski definition) is 3. The summed E-state index contributed by atoms with van der Waals surface area (Å²) in [4.78, 5) is 22.5. The van der Waals surface area contributed by atoms with Gasteiger partial charge in [0.25, 0.3) is 0 Å². The van der Waals surface area contributed by atoms with E-state index in [0.29, 0.717) is 18.2 Å². The molecule has 0 aromatic carbocycles. The van der Waals surface area contributed by atoms with Crippen molar-refractivity contribution < 1.29 is 4.79 Å². The lowest BCUT2D eigenvalue weighted by atomic mass is 10.1. The van der Waals surface area contributed by atoms with Crippen molar-refractivity contribution in [3.63, 3.8) is 0 Å². The number of nitrogens with one attached hydrogen (secondary N) is 3. The number of carbonyl (C=O) groups excluding carboxylic acids is 1. The minimum absolute atomic E-state index is 0.0782. The Kier molecular flexibility index (Phi) is 3.95. The van der Waals surface area contributed by atoms with Gasteiger partial charge in [0.05, 0.1) is 11.9 Å². The van der Waals surface area contributed by atoms with E-state index in [9.17, 15) is 4.79 Å². The fourth-order valence-corrected chi connectivity index (χ4v) is 2.40. The Labute approximate surface area is 122 Å². The van der Waals surface area contributed by atoms with Crippen LogP contribution in [0.3, 0.4) is 0 Å². The highest BCUT2D eigenvalue weighted by Gasteiger charge is 2.22. The van der Waals surface area contributed by atoms with Crippen LogP contribution in [0.25, 0.3) is 0 Å². The average molecular weight is 287 g/mol. The zero-order valence-electron chi connectivity index (χ0n) is 11.5. The Hall–Kier alpha value is -2.64. The number of H-pyrrole nitrogens is 1. The average Bonchev–Trinajstić information content (AvgIpc) is 3.01. The molecule has 1 atom stereocenters. The molecule has 3 heterocycles. The minimum atomic E-state index is -0.225. The molecule has 0 saturated carbocycles. The monoisotopic (exact) mass is 287 g/mol. The Morgan fingerprint density at radius 1 is 1.38 bits per heavy atom. The van der Waals surface area contributed by atoms with Crippen LogP contribution in [-0.2, 0) is 0 Å². The van der Waals surface area contributed by atoms with Crippen LogP contribution in [0.5, 0.6) is 0 Å². The highest BCUT2D eigenvalue weighted by Crippen LogP contribution is 2.15. The molecule has 0 unspecified atom stereocenters. The molecule has 1 saturated heterocycles. The molecule has 8 nitrogen and oxygen atoms in total. The minimum Gasteiger partial charge on any atom is -0.339 e. The number of anilines is 2. The molecule has 0 radical (unpaired) electrons. The van der Waals surface area contributed by atoms with Gasteiger partial charge in [-0.25, -0.2) is 14.8 Å². The van der Waals surface area contributed by atoms with Crippen molar-refractivity contribution in [3.05, 3.63) is 30.9 Å². The Balaban J connectivity index is 1.55. The molecule has 0 spiro atoms. The van der Waals surface area contributed by atoms with Gasteiger partial charge in [-0.05, 0) is 18.9 Å². The first-order valence-corrected chi connectivity index (χ1v) is 6.89. The van der Waals surface area contributed by atoms with Crippen LogP contribution in [-0.4, -0.2) is 45.3 Å². The van der Waals surface area contributed by atoms with Crippen molar-refractivity contribution >= 4 is 17.7 Å². The molecule has 1 fully saturated rings. The fraction of sp³-hybridized carbons (Fsp3) is 0.385. The van der Waals surface area contributed by atoms with Crippen molar-refractivity contribution in [1.82, 2.24) is 25.5 Å². The number of carbonyl (C=O) groups is 1. The van der Waals surface area contributed by atoms with Crippen LogP contribution in [0.2, 0.25) is 0 Å². The van der Waals surface area contributed by atoms with E-state index in [4.69, 9.17) is 0 Å². The molecule has 2 aromatic heterocycles. The number of aromatic amines is 1. The van der Waals surface area contributed by atoms with Gasteiger partial charge in [-0.15, -0.1) is 0 Å². The summed E-state index contributed by atoms with van der Waals surface area (Å²) in [7, 11) is 0. The highest BCUT2D eigenvalue weighted by atomic mass is 16.2. The maximum absolute atomic E-state index is 11.9. The Morgan fingerprint density at radius 3 is 3.00 bits per heavy atom. The fourth-order valence-electron chi connectivity index (χ4n) is 2.40. The zero-order valence-corrected chi connectivity index (χ0v) is 11.5. The predicted octanol–water partition coefficient (Wildman–Crippen LogP) is 0.990. The summed E-state index contributed by atoms with van der Waals surface area (Å²) in [6.07, 6.45) is 8.59. The molecule has 8 heteroatoms. The molecule has 1 aliphatic rings. The van der Waals surface area contributed by atoms with E-state index in [1.165, 1.54) is 0 Å². The Morgan fingerprint density at radius 2 is 2.24 bits per heavy atom. The molecule has 2 aromatic rings. The van der Waals surface area contributed by atoms with E-state index in [1.54, 1.807) is 30.9 Å². The number of nitrogens with zero attached hydrogens (tertiary/aromatic N) is 4. The largest absolute Gasteiger partial charge is 0.339 e. The summed E-state index contributed by atoms with van der Waals surface area (Å²) < 4.78 is 0. The standard InChI is InChI=1S/C13H17N7O/c21-13(19-11-7-16-17-8-11)18-10-3-1-6-20(9-10)12-14-4-2-5-15-12/h2,4-5,7-8,10H,1,3,6,9H2,(H,16,17)(H2,18,19,21)/t10-/m0/s1. The molecule has 110 valence electrons. The third kappa shape index (κ3) is 3.47. The van der Waals surface area contributed by atoms with Gasteiger partial charge in [-0.3, -0.25) is 5.10 Å². The van der Waals surface area contributed by atoms with Crippen molar-refractivity contribution in [2.75, 3.05) is 23.3 Å². The summed E-state index contributed by atoms with van der Waals surface area (Å²) in [5.74, 6) is 0.708. The third-order valence-corrected chi connectivity index (χ3v) is 3.35. The van der Waals surface area contributed by atoms with Crippen LogP contribution in [0.15, 0.2) is 30.9 Å². The van der Waals surface area contributed by atoms with E-state index in [2.05, 4.69) is 35.7 Å². The molecule has 0 bridgehead atoms. The number of hydrogen-bond acceptors (Lipinski definition) is 5. The van der Waals surface area contributed by atoms with E-state index in [1.807, 2.05) is 0 Å². The number of urea groups is 1. The molecule has 3 N–H and O–H groups in total. The maximum atomic E-state index is 11.9. The maximum Gasteiger partial charge on any atom is 0.319 e. The van der Waals surface area contributed by atoms with Crippen LogP contribution in [0.1, 0.15) is 12.8 Å². The van der Waals surface area contributed by atoms with Gasteiger partial charge in [0.15, 0.2) is 0 Å². The summed E-state index contributed by atoms with van der Waals surface area (Å²) >= 11 is 0. The first-order chi connectivity index (χ1) is 10.3. The molecule has 2 amide bonds. The first-order valence-electron chi connectivity index (χ1n) is 6.89. The molecule has 1 aliphatic heterocycles. The summed E-state index contributed by atoms with van der Waals surface area (Å²) in [5, 5.41) is 12.1. The van der Waals surface area contributed by atoms with Gasteiger partial charge in [0, 0.05) is 37.7 Å². The molecular weight excluding hydrogens is 270 g/mol. The van der Waals surface area contributed by atoms with Crippen molar-refractivity contribution in [1.29, 1.82) is 0 Å². The second-order valence-corrected chi connectivity index (χ2v) is 4.92. The lowest BCUT2D eigenvalue weighted by molar-refractivity contribution is 0.246. The number of rotatable bonds is 3. The van der Waals surface area contributed by atoms with Gasteiger partial charge < -0.3 is 15.5 Å². The highest BCUT2D eigenvalue weighted by molar-refractivity contribution is 5.89. The van der Waals surface area contributed by atoms with Crippen molar-refractivity contribution in [2.24, 2.45) is 0 Å². The lowest BCUT2D eigenvalue weighted by Gasteiger charge is -2.32. The van der Waals surface area contributed by atoms with Gasteiger partial charge >= 0.3 is 6.03 Å².